The minimum Gasteiger partial charge on any atom is -0.497 e. The monoisotopic (exact) mass is 358 g/mol. The number of nitrogens with zero attached hydrogens (tertiary/aromatic N) is 1. The minimum absolute atomic E-state index is 0.0747. The van der Waals surface area contributed by atoms with E-state index in [2.05, 4.69) is 22.3 Å². The van der Waals surface area contributed by atoms with Gasteiger partial charge in [-0.25, -0.2) is 0 Å². The molecular formula is C20H23ClN2O2. The summed E-state index contributed by atoms with van der Waals surface area (Å²) in [4.78, 5) is 14.8. The number of hydrogen-bond donors (Lipinski definition) is 1. The lowest BCUT2D eigenvalue weighted by atomic mass is 10.0. The summed E-state index contributed by atoms with van der Waals surface area (Å²) in [7, 11) is 1.67. The third kappa shape index (κ3) is 4.53. The molecule has 1 aliphatic rings. The Kier molecular flexibility index (Phi) is 5.95. The summed E-state index contributed by atoms with van der Waals surface area (Å²) in [6.07, 6.45) is 2.41. The molecule has 0 aromatic heterocycles. The van der Waals surface area contributed by atoms with Gasteiger partial charge in [-0.2, -0.15) is 0 Å². The van der Waals surface area contributed by atoms with E-state index in [1.54, 1.807) is 31.4 Å². The van der Waals surface area contributed by atoms with Crippen LogP contribution in [0.2, 0.25) is 5.02 Å². The van der Waals surface area contributed by atoms with Gasteiger partial charge in [-0.1, -0.05) is 23.7 Å². The summed E-state index contributed by atoms with van der Waals surface area (Å²) in [6.45, 7) is 2.70. The number of carbonyl (C=O) groups is 1. The van der Waals surface area contributed by atoms with E-state index in [0.717, 1.165) is 18.8 Å². The van der Waals surface area contributed by atoms with Crippen molar-refractivity contribution in [1.29, 1.82) is 0 Å². The molecule has 0 radical (unpaired) electrons. The van der Waals surface area contributed by atoms with Gasteiger partial charge in [0, 0.05) is 17.1 Å². The number of rotatable bonds is 6. The molecule has 4 nitrogen and oxygen atoms in total. The Morgan fingerprint density at radius 2 is 1.76 bits per heavy atom. The molecular weight excluding hydrogens is 336 g/mol. The zero-order valence-corrected chi connectivity index (χ0v) is 15.1. The van der Waals surface area contributed by atoms with E-state index in [9.17, 15) is 4.79 Å². The highest BCUT2D eigenvalue weighted by molar-refractivity contribution is 6.30. The first-order valence-corrected chi connectivity index (χ1v) is 8.97. The number of halogens is 1. The molecule has 0 spiro atoms. The number of amides is 1. The molecule has 132 valence electrons. The molecule has 2 aromatic carbocycles. The molecule has 1 saturated heterocycles. The first kappa shape index (κ1) is 17.8. The third-order valence-electron chi connectivity index (χ3n) is 4.64. The molecule has 0 bridgehead atoms. The van der Waals surface area contributed by atoms with Crippen molar-refractivity contribution in [2.75, 3.05) is 26.7 Å². The molecule has 3 rings (SSSR count). The van der Waals surface area contributed by atoms with E-state index < -0.39 is 0 Å². The lowest BCUT2D eigenvalue weighted by Crippen LogP contribution is -2.36. The van der Waals surface area contributed by atoms with Crippen molar-refractivity contribution in [1.82, 2.24) is 10.2 Å². The molecule has 0 saturated carbocycles. The smallest absolute Gasteiger partial charge is 0.251 e. The minimum atomic E-state index is -0.0747. The molecule has 25 heavy (non-hydrogen) atoms. The Morgan fingerprint density at radius 1 is 1.12 bits per heavy atom. The predicted octanol–water partition coefficient (Wildman–Crippen LogP) is 3.92. The lowest BCUT2D eigenvalue weighted by molar-refractivity contribution is 0.0938. The van der Waals surface area contributed by atoms with E-state index in [1.807, 2.05) is 12.1 Å². The van der Waals surface area contributed by atoms with Crippen molar-refractivity contribution in [3.05, 3.63) is 64.7 Å². The van der Waals surface area contributed by atoms with E-state index in [1.165, 1.54) is 18.4 Å². The highest BCUT2D eigenvalue weighted by Crippen LogP contribution is 2.26. The van der Waals surface area contributed by atoms with E-state index in [-0.39, 0.29) is 11.9 Å². The molecule has 0 aliphatic carbocycles. The summed E-state index contributed by atoms with van der Waals surface area (Å²) < 4.78 is 5.25. The Morgan fingerprint density at radius 3 is 2.36 bits per heavy atom. The first-order valence-electron chi connectivity index (χ1n) is 8.59. The summed E-state index contributed by atoms with van der Waals surface area (Å²) >= 11 is 5.89. The van der Waals surface area contributed by atoms with Crippen LogP contribution >= 0.6 is 11.6 Å². The van der Waals surface area contributed by atoms with Gasteiger partial charge in [0.15, 0.2) is 0 Å². The van der Waals surface area contributed by atoms with Crippen molar-refractivity contribution in [2.45, 2.75) is 18.9 Å². The highest BCUT2D eigenvalue weighted by atomic mass is 35.5. The number of nitrogens with one attached hydrogen (secondary N) is 1. The highest BCUT2D eigenvalue weighted by Gasteiger charge is 2.24. The summed E-state index contributed by atoms with van der Waals surface area (Å²) in [5.41, 5.74) is 1.82. The maximum Gasteiger partial charge on any atom is 0.251 e. The topological polar surface area (TPSA) is 41.6 Å². The van der Waals surface area contributed by atoms with E-state index in [4.69, 9.17) is 16.3 Å². The standard InChI is InChI=1S/C20H23ClN2O2/c1-25-18-10-6-15(7-11-18)19(23-12-2-3-13-23)14-22-20(24)16-4-8-17(21)9-5-16/h4-11,19H,2-3,12-14H2,1H3,(H,22,24)/t19-/m0/s1. The normalized spacial score (nSPS) is 15.8. The fraction of sp³-hybridized carbons (Fsp3) is 0.350. The number of ether oxygens (including phenoxy) is 1. The van der Waals surface area contributed by atoms with Crippen LogP contribution in [0.5, 0.6) is 5.75 Å². The summed E-state index contributed by atoms with van der Waals surface area (Å²) in [5, 5.41) is 3.70. The maximum atomic E-state index is 12.4. The van der Waals surface area contributed by atoms with Crippen molar-refractivity contribution < 1.29 is 9.53 Å². The second kappa shape index (κ2) is 8.37. The summed E-state index contributed by atoms with van der Waals surface area (Å²) in [5.74, 6) is 0.767. The average molecular weight is 359 g/mol. The van der Waals surface area contributed by atoms with Crippen LogP contribution in [0.4, 0.5) is 0 Å². The van der Waals surface area contributed by atoms with Crippen LogP contribution < -0.4 is 10.1 Å². The van der Waals surface area contributed by atoms with Gasteiger partial charge in [0.05, 0.1) is 13.2 Å². The van der Waals surface area contributed by atoms with Crippen LogP contribution in [0.25, 0.3) is 0 Å². The predicted molar refractivity (Wildman–Crippen MR) is 100 cm³/mol. The molecule has 5 heteroatoms. The second-order valence-corrected chi connectivity index (χ2v) is 6.69. The van der Waals surface area contributed by atoms with Gasteiger partial charge >= 0.3 is 0 Å². The fourth-order valence-corrected chi connectivity index (χ4v) is 3.36. The zero-order chi connectivity index (χ0) is 17.6. The van der Waals surface area contributed by atoms with Crippen molar-refractivity contribution in [3.63, 3.8) is 0 Å². The molecule has 1 fully saturated rings. The Labute approximate surface area is 153 Å². The van der Waals surface area contributed by atoms with Gasteiger partial charge in [-0.15, -0.1) is 0 Å². The van der Waals surface area contributed by atoms with Crippen LogP contribution in [-0.2, 0) is 0 Å². The van der Waals surface area contributed by atoms with Gasteiger partial charge in [0.25, 0.3) is 5.91 Å². The van der Waals surface area contributed by atoms with Crippen molar-refractivity contribution >= 4 is 17.5 Å². The van der Waals surface area contributed by atoms with Gasteiger partial charge in [-0.3, -0.25) is 9.69 Å². The van der Waals surface area contributed by atoms with Gasteiger partial charge < -0.3 is 10.1 Å². The maximum absolute atomic E-state index is 12.4. The number of likely N-dealkylation sites (tertiary alicyclic amines) is 1. The van der Waals surface area contributed by atoms with Crippen LogP contribution in [0, 0.1) is 0 Å². The van der Waals surface area contributed by atoms with Crippen molar-refractivity contribution in [3.8, 4) is 5.75 Å². The van der Waals surface area contributed by atoms with Gasteiger partial charge in [0.2, 0.25) is 0 Å². The Hall–Kier alpha value is -2.04. The molecule has 1 atom stereocenters. The molecule has 1 heterocycles. The molecule has 1 amide bonds. The molecule has 0 unspecified atom stereocenters. The Bertz CT molecular complexity index is 695. The largest absolute Gasteiger partial charge is 0.497 e. The molecule has 1 N–H and O–H groups in total. The SMILES string of the molecule is COc1ccc([C@H](CNC(=O)c2ccc(Cl)cc2)N2CCCC2)cc1. The number of benzene rings is 2. The van der Waals surface area contributed by atoms with E-state index in [0.29, 0.717) is 17.1 Å². The molecule has 2 aromatic rings. The van der Waals surface area contributed by atoms with Gasteiger partial charge in [-0.05, 0) is 67.9 Å². The van der Waals surface area contributed by atoms with Crippen LogP contribution in [0.1, 0.15) is 34.8 Å². The van der Waals surface area contributed by atoms with Crippen LogP contribution in [-0.4, -0.2) is 37.6 Å². The lowest BCUT2D eigenvalue weighted by Gasteiger charge is -2.28. The fourth-order valence-electron chi connectivity index (χ4n) is 3.23. The summed E-state index contributed by atoms with van der Waals surface area (Å²) in [6, 6.07) is 15.2. The second-order valence-electron chi connectivity index (χ2n) is 6.25. The first-order chi connectivity index (χ1) is 12.2. The van der Waals surface area contributed by atoms with Crippen LogP contribution in [0.15, 0.2) is 48.5 Å². The Balaban J connectivity index is 1.70. The van der Waals surface area contributed by atoms with E-state index >= 15 is 0 Å². The van der Waals surface area contributed by atoms with Crippen LogP contribution in [0.3, 0.4) is 0 Å². The molecule has 1 aliphatic heterocycles. The quantitative estimate of drug-likeness (QED) is 0.851. The number of hydrogen-bond acceptors (Lipinski definition) is 3. The zero-order valence-electron chi connectivity index (χ0n) is 14.4. The third-order valence-corrected chi connectivity index (χ3v) is 4.90. The average Bonchev–Trinajstić information content (AvgIpc) is 3.17. The van der Waals surface area contributed by atoms with Gasteiger partial charge in [0.1, 0.15) is 5.75 Å². The number of methoxy groups -OCH3 is 1. The number of carbonyl (C=O) groups excluding carboxylic acids is 1. The van der Waals surface area contributed by atoms with Crippen molar-refractivity contribution in [2.24, 2.45) is 0 Å².